The van der Waals surface area contributed by atoms with Gasteiger partial charge in [-0.2, -0.15) is 4.57 Å². The number of unbranched alkanes of at least 4 members (excludes halogenated alkanes) is 2. The molecule has 0 aliphatic carbocycles. The summed E-state index contributed by atoms with van der Waals surface area (Å²) < 4.78 is 2.29. The van der Waals surface area contributed by atoms with E-state index in [0.29, 0.717) is 0 Å². The highest BCUT2D eigenvalue weighted by molar-refractivity contribution is 5.49. The molecule has 96 valence electrons. The van der Waals surface area contributed by atoms with Crippen LogP contribution in [0.5, 0.6) is 0 Å². The van der Waals surface area contributed by atoms with Crippen LogP contribution < -0.4 is 21.5 Å². The molecule has 0 atom stereocenters. The fourth-order valence-corrected chi connectivity index (χ4v) is 1.95. The molecular formula is C15H19BrN2. The average Bonchev–Trinajstić information content (AvgIpc) is 2.41. The highest BCUT2D eigenvalue weighted by Crippen LogP contribution is 2.11. The van der Waals surface area contributed by atoms with Crippen molar-refractivity contribution in [3.63, 3.8) is 0 Å². The van der Waals surface area contributed by atoms with E-state index in [4.69, 9.17) is 0 Å². The molecule has 0 amide bonds. The molecule has 0 saturated carbocycles. The Bertz CT molecular complexity index is 457. The number of aryl methyl sites for hydroxylation is 1. The van der Waals surface area contributed by atoms with E-state index < -0.39 is 0 Å². The van der Waals surface area contributed by atoms with Gasteiger partial charge in [0.2, 0.25) is 5.69 Å². The fraction of sp³-hybridized carbons (Fsp3) is 0.333. The summed E-state index contributed by atoms with van der Waals surface area (Å²) in [4.78, 5) is 4.42. The van der Waals surface area contributed by atoms with Crippen molar-refractivity contribution in [3.8, 4) is 11.4 Å². The molecule has 0 N–H and O–H groups in total. The SMILES string of the molecule is CCCCC[n+]1ccccc1-c1ccccn1.[Br-]. The first kappa shape index (κ1) is 14.8. The molecule has 3 heteroatoms. The number of halogens is 1. The second-order valence-corrected chi connectivity index (χ2v) is 4.20. The van der Waals surface area contributed by atoms with Gasteiger partial charge < -0.3 is 17.0 Å². The first-order valence-electron chi connectivity index (χ1n) is 6.31. The second-order valence-electron chi connectivity index (χ2n) is 4.20. The van der Waals surface area contributed by atoms with Gasteiger partial charge in [-0.15, -0.1) is 0 Å². The quantitative estimate of drug-likeness (QED) is 0.571. The van der Waals surface area contributed by atoms with Crippen LogP contribution in [0, 0.1) is 0 Å². The van der Waals surface area contributed by atoms with Gasteiger partial charge in [-0.3, -0.25) is 0 Å². The third-order valence-corrected chi connectivity index (χ3v) is 2.87. The third kappa shape index (κ3) is 3.91. The number of pyridine rings is 2. The van der Waals surface area contributed by atoms with Crippen LogP contribution in [0.4, 0.5) is 0 Å². The van der Waals surface area contributed by atoms with Crippen molar-refractivity contribution in [1.82, 2.24) is 4.98 Å². The summed E-state index contributed by atoms with van der Waals surface area (Å²) in [6.45, 7) is 3.30. The van der Waals surface area contributed by atoms with E-state index in [1.807, 2.05) is 18.3 Å². The molecule has 2 rings (SSSR count). The van der Waals surface area contributed by atoms with Crippen LogP contribution in [-0.4, -0.2) is 4.98 Å². The van der Waals surface area contributed by atoms with Crippen molar-refractivity contribution in [2.24, 2.45) is 0 Å². The van der Waals surface area contributed by atoms with Gasteiger partial charge in [0.25, 0.3) is 0 Å². The Kier molecular flexibility index (Phi) is 6.58. The molecule has 0 fully saturated rings. The minimum Gasteiger partial charge on any atom is -1.00 e. The van der Waals surface area contributed by atoms with Gasteiger partial charge in [-0.25, -0.2) is 4.98 Å². The van der Waals surface area contributed by atoms with Gasteiger partial charge in [0, 0.05) is 24.8 Å². The Labute approximate surface area is 119 Å². The zero-order valence-corrected chi connectivity index (χ0v) is 12.3. The minimum absolute atomic E-state index is 0. The molecule has 0 aromatic carbocycles. The Morgan fingerprint density at radius 3 is 2.61 bits per heavy atom. The normalized spacial score (nSPS) is 9.83. The van der Waals surface area contributed by atoms with Gasteiger partial charge in [0.15, 0.2) is 6.20 Å². The van der Waals surface area contributed by atoms with Crippen LogP contribution in [0.1, 0.15) is 26.2 Å². The van der Waals surface area contributed by atoms with Crippen LogP contribution in [0.25, 0.3) is 11.4 Å². The first-order valence-corrected chi connectivity index (χ1v) is 6.31. The lowest BCUT2D eigenvalue weighted by Crippen LogP contribution is -3.00. The largest absolute Gasteiger partial charge is 1.00 e. The number of hydrogen-bond acceptors (Lipinski definition) is 1. The molecule has 0 radical (unpaired) electrons. The number of nitrogens with zero attached hydrogens (tertiary/aromatic N) is 2. The molecule has 0 aliphatic heterocycles. The maximum absolute atomic E-state index is 4.42. The molecule has 0 spiro atoms. The topological polar surface area (TPSA) is 16.8 Å². The number of rotatable bonds is 5. The van der Waals surface area contributed by atoms with Crippen molar-refractivity contribution < 1.29 is 21.5 Å². The van der Waals surface area contributed by atoms with Crippen molar-refractivity contribution in [2.75, 3.05) is 0 Å². The molecule has 0 aliphatic rings. The van der Waals surface area contributed by atoms with E-state index in [-0.39, 0.29) is 17.0 Å². The Hall–Kier alpha value is -1.22. The van der Waals surface area contributed by atoms with E-state index in [1.165, 1.54) is 25.0 Å². The van der Waals surface area contributed by atoms with Crippen LogP contribution in [0.15, 0.2) is 48.8 Å². The maximum atomic E-state index is 4.42. The number of hydrogen-bond donors (Lipinski definition) is 0. The van der Waals surface area contributed by atoms with Crippen LogP contribution in [-0.2, 0) is 6.54 Å². The molecule has 0 unspecified atom stereocenters. The smallest absolute Gasteiger partial charge is 0.231 e. The van der Waals surface area contributed by atoms with Crippen molar-refractivity contribution in [3.05, 3.63) is 48.8 Å². The standard InChI is InChI=1S/C15H19N2.BrH/c1-2-3-7-12-17-13-8-5-10-15(17)14-9-4-6-11-16-14;/h4-6,8-11,13H,2-3,7,12H2,1H3;1H/q+1;/p-1. The Morgan fingerprint density at radius 1 is 1.06 bits per heavy atom. The van der Waals surface area contributed by atoms with Crippen molar-refractivity contribution >= 4 is 0 Å². The summed E-state index contributed by atoms with van der Waals surface area (Å²) in [6, 6.07) is 12.3. The van der Waals surface area contributed by atoms with Gasteiger partial charge in [-0.1, -0.05) is 19.4 Å². The summed E-state index contributed by atoms with van der Waals surface area (Å²) in [6.07, 6.45) is 7.75. The van der Waals surface area contributed by atoms with E-state index in [9.17, 15) is 0 Å². The lowest BCUT2D eigenvalue weighted by atomic mass is 10.2. The van der Waals surface area contributed by atoms with Crippen molar-refractivity contribution in [2.45, 2.75) is 32.7 Å². The lowest BCUT2D eigenvalue weighted by Gasteiger charge is -2.02. The van der Waals surface area contributed by atoms with Gasteiger partial charge in [0.05, 0.1) is 0 Å². The molecule has 2 nitrogen and oxygen atoms in total. The molecular weight excluding hydrogens is 288 g/mol. The Morgan fingerprint density at radius 2 is 1.89 bits per heavy atom. The highest BCUT2D eigenvalue weighted by Gasteiger charge is 2.11. The predicted octanol–water partition coefficient (Wildman–Crippen LogP) is 0.230. The summed E-state index contributed by atoms with van der Waals surface area (Å²) in [5.41, 5.74) is 2.24. The summed E-state index contributed by atoms with van der Waals surface area (Å²) in [7, 11) is 0. The van der Waals surface area contributed by atoms with E-state index in [0.717, 1.165) is 12.2 Å². The average molecular weight is 307 g/mol. The zero-order valence-electron chi connectivity index (χ0n) is 10.7. The predicted molar refractivity (Wildman–Crippen MR) is 69.4 cm³/mol. The summed E-state index contributed by atoms with van der Waals surface area (Å²) in [5.74, 6) is 0. The molecule has 0 saturated heterocycles. The molecule has 2 aromatic heterocycles. The van der Waals surface area contributed by atoms with Crippen LogP contribution in [0.3, 0.4) is 0 Å². The first-order chi connectivity index (χ1) is 8.42. The lowest BCUT2D eigenvalue weighted by molar-refractivity contribution is -0.686. The summed E-state index contributed by atoms with van der Waals surface area (Å²) >= 11 is 0. The monoisotopic (exact) mass is 306 g/mol. The highest BCUT2D eigenvalue weighted by atomic mass is 79.9. The fourth-order valence-electron chi connectivity index (χ4n) is 1.95. The molecule has 18 heavy (non-hydrogen) atoms. The second kappa shape index (κ2) is 7.98. The molecule has 0 bridgehead atoms. The van der Waals surface area contributed by atoms with E-state index in [2.05, 4.69) is 46.9 Å². The van der Waals surface area contributed by atoms with Crippen molar-refractivity contribution in [1.29, 1.82) is 0 Å². The molecule has 2 aromatic rings. The van der Waals surface area contributed by atoms with Gasteiger partial charge in [0.1, 0.15) is 12.2 Å². The number of aromatic nitrogens is 2. The van der Waals surface area contributed by atoms with Crippen LogP contribution >= 0.6 is 0 Å². The minimum atomic E-state index is 0. The summed E-state index contributed by atoms with van der Waals surface area (Å²) in [5, 5.41) is 0. The van der Waals surface area contributed by atoms with Gasteiger partial charge in [-0.05, 0) is 24.6 Å². The Balaban J connectivity index is 0.00000162. The zero-order chi connectivity index (χ0) is 11.9. The van der Waals surface area contributed by atoms with E-state index in [1.54, 1.807) is 0 Å². The van der Waals surface area contributed by atoms with Gasteiger partial charge >= 0.3 is 0 Å². The third-order valence-electron chi connectivity index (χ3n) is 2.87. The maximum Gasteiger partial charge on any atom is 0.231 e. The van der Waals surface area contributed by atoms with Crippen LogP contribution in [0.2, 0.25) is 0 Å². The van der Waals surface area contributed by atoms with E-state index >= 15 is 0 Å². The molecule has 2 heterocycles.